The summed E-state index contributed by atoms with van der Waals surface area (Å²) in [4.78, 5) is 16.5. The molecule has 0 bridgehead atoms. The Kier molecular flexibility index (Phi) is 4.57. The lowest BCUT2D eigenvalue weighted by molar-refractivity contribution is 0.0791. The van der Waals surface area contributed by atoms with E-state index in [1.807, 2.05) is 13.1 Å². The molecule has 7 heteroatoms. The third kappa shape index (κ3) is 3.34. The van der Waals surface area contributed by atoms with Gasteiger partial charge in [0, 0.05) is 31.8 Å². The van der Waals surface area contributed by atoms with Gasteiger partial charge in [-0.05, 0) is 25.0 Å². The molecule has 2 aromatic heterocycles. The smallest absolute Gasteiger partial charge is 0.262 e. The molecule has 122 valence electrons. The maximum absolute atomic E-state index is 12.4. The Hall–Kier alpha value is -2.41. The fourth-order valence-corrected chi connectivity index (χ4v) is 2.69. The first-order valence-electron chi connectivity index (χ1n) is 7.61. The SMILES string of the molecule is COc1ncccc1C(=O)Nc1cc([C@@H]2CCCOC2)nn1C. The van der Waals surface area contributed by atoms with E-state index in [0.29, 0.717) is 23.9 Å². The van der Waals surface area contributed by atoms with Crippen LogP contribution in [0.4, 0.5) is 5.82 Å². The van der Waals surface area contributed by atoms with E-state index in [1.165, 1.54) is 7.11 Å². The van der Waals surface area contributed by atoms with Crippen LogP contribution < -0.4 is 10.1 Å². The van der Waals surface area contributed by atoms with Crippen molar-refractivity contribution in [1.29, 1.82) is 0 Å². The third-order valence-electron chi connectivity index (χ3n) is 3.93. The molecule has 1 N–H and O–H groups in total. The number of methoxy groups -OCH3 is 1. The minimum atomic E-state index is -0.274. The molecule has 3 heterocycles. The quantitative estimate of drug-likeness (QED) is 0.933. The van der Waals surface area contributed by atoms with Crippen molar-refractivity contribution in [3.8, 4) is 5.88 Å². The van der Waals surface area contributed by atoms with E-state index >= 15 is 0 Å². The third-order valence-corrected chi connectivity index (χ3v) is 3.93. The van der Waals surface area contributed by atoms with Crippen molar-refractivity contribution in [3.63, 3.8) is 0 Å². The molecular formula is C16H20N4O3. The summed E-state index contributed by atoms with van der Waals surface area (Å²) in [6.07, 6.45) is 3.68. The topological polar surface area (TPSA) is 78.3 Å². The van der Waals surface area contributed by atoms with Crippen LogP contribution in [-0.4, -0.2) is 41.0 Å². The lowest BCUT2D eigenvalue weighted by atomic mass is 9.99. The monoisotopic (exact) mass is 316 g/mol. The van der Waals surface area contributed by atoms with Gasteiger partial charge in [-0.2, -0.15) is 5.10 Å². The van der Waals surface area contributed by atoms with Gasteiger partial charge in [-0.25, -0.2) is 4.98 Å². The zero-order chi connectivity index (χ0) is 16.2. The Labute approximate surface area is 134 Å². The summed E-state index contributed by atoms with van der Waals surface area (Å²) in [7, 11) is 3.30. The van der Waals surface area contributed by atoms with Gasteiger partial charge in [0.25, 0.3) is 5.91 Å². The van der Waals surface area contributed by atoms with E-state index in [1.54, 1.807) is 23.0 Å². The van der Waals surface area contributed by atoms with E-state index in [2.05, 4.69) is 15.4 Å². The van der Waals surface area contributed by atoms with Crippen LogP contribution in [0.15, 0.2) is 24.4 Å². The van der Waals surface area contributed by atoms with Gasteiger partial charge in [-0.1, -0.05) is 0 Å². The molecule has 0 unspecified atom stereocenters. The van der Waals surface area contributed by atoms with Crippen molar-refractivity contribution in [1.82, 2.24) is 14.8 Å². The molecule has 7 nitrogen and oxygen atoms in total. The van der Waals surface area contributed by atoms with Crippen molar-refractivity contribution in [2.75, 3.05) is 25.6 Å². The number of anilines is 1. The van der Waals surface area contributed by atoms with Gasteiger partial charge in [0.15, 0.2) is 0 Å². The zero-order valence-electron chi connectivity index (χ0n) is 13.3. The molecule has 1 fully saturated rings. The Morgan fingerprint density at radius 2 is 2.39 bits per heavy atom. The summed E-state index contributed by atoms with van der Waals surface area (Å²) in [5.41, 5.74) is 1.33. The summed E-state index contributed by atoms with van der Waals surface area (Å²) >= 11 is 0. The van der Waals surface area contributed by atoms with Gasteiger partial charge in [0.05, 0.1) is 19.4 Å². The summed E-state index contributed by atoms with van der Waals surface area (Å²) in [6.45, 7) is 1.49. The van der Waals surface area contributed by atoms with E-state index < -0.39 is 0 Å². The number of ether oxygens (including phenoxy) is 2. The minimum absolute atomic E-state index is 0.274. The highest BCUT2D eigenvalue weighted by molar-refractivity contribution is 6.05. The second kappa shape index (κ2) is 6.78. The number of amides is 1. The highest BCUT2D eigenvalue weighted by Crippen LogP contribution is 2.26. The first kappa shape index (κ1) is 15.5. The van der Waals surface area contributed by atoms with E-state index in [4.69, 9.17) is 9.47 Å². The first-order valence-corrected chi connectivity index (χ1v) is 7.61. The molecular weight excluding hydrogens is 296 g/mol. The molecule has 1 atom stereocenters. The number of nitrogens with zero attached hydrogens (tertiary/aromatic N) is 3. The van der Waals surface area contributed by atoms with Gasteiger partial charge in [0.1, 0.15) is 11.4 Å². The van der Waals surface area contributed by atoms with Crippen LogP contribution >= 0.6 is 0 Å². The highest BCUT2D eigenvalue weighted by Gasteiger charge is 2.21. The molecule has 0 saturated carbocycles. The number of carbonyl (C=O) groups excluding carboxylic acids is 1. The van der Waals surface area contributed by atoms with E-state index in [-0.39, 0.29) is 11.8 Å². The molecule has 0 radical (unpaired) electrons. The molecule has 1 amide bonds. The van der Waals surface area contributed by atoms with Gasteiger partial charge < -0.3 is 14.8 Å². The number of nitrogens with one attached hydrogen (secondary N) is 1. The van der Waals surface area contributed by atoms with Crippen molar-refractivity contribution < 1.29 is 14.3 Å². The molecule has 0 aliphatic carbocycles. The predicted molar refractivity (Wildman–Crippen MR) is 84.7 cm³/mol. The Balaban J connectivity index is 1.77. The fourth-order valence-electron chi connectivity index (χ4n) is 2.69. The van der Waals surface area contributed by atoms with Crippen LogP contribution in [-0.2, 0) is 11.8 Å². The maximum atomic E-state index is 12.4. The Bertz CT molecular complexity index is 692. The Morgan fingerprint density at radius 3 is 3.13 bits per heavy atom. The lowest BCUT2D eigenvalue weighted by Crippen LogP contribution is -2.16. The maximum Gasteiger partial charge on any atom is 0.262 e. The van der Waals surface area contributed by atoms with Crippen molar-refractivity contribution in [3.05, 3.63) is 35.7 Å². The van der Waals surface area contributed by atoms with Gasteiger partial charge in [0.2, 0.25) is 5.88 Å². The molecule has 23 heavy (non-hydrogen) atoms. The van der Waals surface area contributed by atoms with Gasteiger partial charge >= 0.3 is 0 Å². The van der Waals surface area contributed by atoms with E-state index in [9.17, 15) is 4.79 Å². The van der Waals surface area contributed by atoms with Crippen molar-refractivity contribution in [2.45, 2.75) is 18.8 Å². The van der Waals surface area contributed by atoms with Crippen LogP contribution in [0, 0.1) is 0 Å². The van der Waals surface area contributed by atoms with Gasteiger partial charge in [-0.3, -0.25) is 9.48 Å². The number of carbonyl (C=O) groups is 1. The first-order chi connectivity index (χ1) is 11.2. The minimum Gasteiger partial charge on any atom is -0.480 e. The van der Waals surface area contributed by atoms with Crippen LogP contribution in [0.1, 0.15) is 34.8 Å². The van der Waals surface area contributed by atoms with Crippen molar-refractivity contribution in [2.24, 2.45) is 7.05 Å². The molecule has 3 rings (SSSR count). The number of rotatable bonds is 4. The standard InChI is InChI=1S/C16H20N4O3/c1-20-14(9-13(19-20)11-5-4-8-23-10-11)18-15(21)12-6-3-7-17-16(12)22-2/h3,6-7,9,11H,4-5,8,10H2,1-2H3,(H,18,21)/t11-/m1/s1. The van der Waals surface area contributed by atoms with E-state index in [0.717, 1.165) is 25.1 Å². The molecule has 1 saturated heterocycles. The second-order valence-corrected chi connectivity index (χ2v) is 5.51. The highest BCUT2D eigenvalue weighted by atomic mass is 16.5. The summed E-state index contributed by atoms with van der Waals surface area (Å²) in [6, 6.07) is 5.28. The second-order valence-electron chi connectivity index (χ2n) is 5.51. The predicted octanol–water partition coefficient (Wildman–Crippen LogP) is 1.97. The van der Waals surface area contributed by atoms with Crippen LogP contribution in [0.2, 0.25) is 0 Å². The summed E-state index contributed by atoms with van der Waals surface area (Å²) in [5, 5.41) is 7.36. The van der Waals surface area contributed by atoms with Crippen LogP contribution in [0.3, 0.4) is 0 Å². The largest absolute Gasteiger partial charge is 0.480 e. The lowest BCUT2D eigenvalue weighted by Gasteiger charge is -2.19. The number of aryl methyl sites for hydroxylation is 1. The number of hydrogen-bond donors (Lipinski definition) is 1. The normalized spacial score (nSPS) is 17.7. The fraction of sp³-hybridized carbons (Fsp3) is 0.438. The molecule has 0 spiro atoms. The summed E-state index contributed by atoms with van der Waals surface area (Å²) in [5.74, 6) is 0.951. The average Bonchev–Trinajstić information content (AvgIpc) is 2.96. The van der Waals surface area contributed by atoms with Crippen LogP contribution in [0.25, 0.3) is 0 Å². The molecule has 0 aromatic carbocycles. The number of hydrogen-bond acceptors (Lipinski definition) is 5. The molecule has 1 aliphatic rings. The molecule has 1 aliphatic heterocycles. The number of aromatic nitrogens is 3. The van der Waals surface area contributed by atoms with Crippen molar-refractivity contribution >= 4 is 11.7 Å². The molecule has 2 aromatic rings. The van der Waals surface area contributed by atoms with Gasteiger partial charge in [-0.15, -0.1) is 0 Å². The average molecular weight is 316 g/mol. The zero-order valence-corrected chi connectivity index (χ0v) is 13.3. The summed E-state index contributed by atoms with van der Waals surface area (Å²) < 4.78 is 12.3. The van der Waals surface area contributed by atoms with Crippen LogP contribution in [0.5, 0.6) is 5.88 Å². The Morgan fingerprint density at radius 1 is 1.52 bits per heavy atom. The number of pyridine rings is 1.